The second-order valence-corrected chi connectivity index (χ2v) is 10.0. The van der Waals surface area contributed by atoms with Crippen LogP contribution in [-0.2, 0) is 9.53 Å². The number of carbonyl (C=O) groups is 1. The first-order chi connectivity index (χ1) is 12.3. The monoisotopic (exact) mass is 361 g/mol. The van der Waals surface area contributed by atoms with Crippen molar-refractivity contribution < 1.29 is 19.7 Å². The van der Waals surface area contributed by atoms with Crippen LogP contribution < -0.4 is 5.32 Å². The lowest BCUT2D eigenvalue weighted by Gasteiger charge is -2.62. The summed E-state index contributed by atoms with van der Waals surface area (Å²) in [6, 6.07) is 0. The molecule has 26 heavy (non-hydrogen) atoms. The molecule has 5 heteroatoms. The Labute approximate surface area is 155 Å². The zero-order valence-corrected chi connectivity index (χ0v) is 15.9. The van der Waals surface area contributed by atoms with Gasteiger partial charge in [0.05, 0.1) is 12.2 Å². The van der Waals surface area contributed by atoms with Gasteiger partial charge in [-0.3, -0.25) is 4.79 Å². The van der Waals surface area contributed by atoms with Crippen LogP contribution in [0, 0.1) is 28.6 Å². The van der Waals surface area contributed by atoms with Gasteiger partial charge in [0.25, 0.3) is 0 Å². The first kappa shape index (κ1) is 17.2. The molecule has 1 aliphatic heterocycles. The number of fused-ring (bicyclic) bond motifs is 5. The van der Waals surface area contributed by atoms with E-state index in [0.717, 1.165) is 56.9 Å². The highest BCUT2D eigenvalue weighted by molar-refractivity contribution is 5.92. The molecule has 1 spiro atoms. The molecule has 4 saturated carbocycles. The number of ether oxygens (including phenoxy) is 1. The first-order valence-electron chi connectivity index (χ1n) is 10.2. The van der Waals surface area contributed by atoms with E-state index < -0.39 is 11.3 Å². The number of hydrogen-bond donors (Lipinski definition) is 3. The van der Waals surface area contributed by atoms with Gasteiger partial charge in [-0.1, -0.05) is 6.92 Å². The van der Waals surface area contributed by atoms with E-state index in [1.165, 1.54) is 0 Å². The van der Waals surface area contributed by atoms with Crippen molar-refractivity contribution in [1.82, 2.24) is 5.32 Å². The molecule has 4 aliphatic carbocycles. The highest BCUT2D eigenvalue weighted by atomic mass is 16.5. The van der Waals surface area contributed by atoms with E-state index in [4.69, 9.17) is 4.74 Å². The van der Waals surface area contributed by atoms with Crippen molar-refractivity contribution in [2.24, 2.45) is 28.6 Å². The van der Waals surface area contributed by atoms with E-state index in [-0.39, 0.29) is 29.3 Å². The minimum absolute atomic E-state index is 0.0226. The fraction of sp³-hybridized carbons (Fsp3) is 0.857. The van der Waals surface area contributed by atoms with Gasteiger partial charge in [0, 0.05) is 13.2 Å². The number of methoxy groups -OCH3 is 1. The third-order valence-electron chi connectivity index (χ3n) is 9.23. The van der Waals surface area contributed by atoms with Crippen LogP contribution in [0.25, 0.3) is 0 Å². The van der Waals surface area contributed by atoms with Crippen LogP contribution in [0.15, 0.2) is 11.6 Å². The van der Waals surface area contributed by atoms with Gasteiger partial charge in [-0.05, 0) is 85.5 Å². The number of amides is 1. The van der Waals surface area contributed by atoms with Gasteiger partial charge in [0.15, 0.2) is 5.72 Å². The van der Waals surface area contributed by atoms with Crippen molar-refractivity contribution >= 4 is 5.91 Å². The van der Waals surface area contributed by atoms with Crippen LogP contribution in [0.1, 0.15) is 58.3 Å². The zero-order chi connectivity index (χ0) is 18.4. The van der Waals surface area contributed by atoms with Crippen molar-refractivity contribution in [1.29, 1.82) is 0 Å². The van der Waals surface area contributed by atoms with Crippen LogP contribution >= 0.6 is 0 Å². The summed E-state index contributed by atoms with van der Waals surface area (Å²) in [6.45, 7) is 2.31. The summed E-state index contributed by atoms with van der Waals surface area (Å²) >= 11 is 0. The number of carbonyl (C=O) groups excluding carboxylic acids is 1. The summed E-state index contributed by atoms with van der Waals surface area (Å²) < 4.78 is 5.84. The molecule has 1 heterocycles. The quantitative estimate of drug-likeness (QED) is 0.704. The lowest BCUT2D eigenvalue weighted by atomic mass is 9.43. The molecule has 1 amide bonds. The Morgan fingerprint density at radius 3 is 2.81 bits per heavy atom. The average molecular weight is 361 g/mol. The molecule has 7 atom stereocenters. The second-order valence-electron chi connectivity index (χ2n) is 10.0. The largest absolute Gasteiger partial charge is 0.393 e. The number of nitrogens with one attached hydrogen (secondary N) is 1. The third-order valence-corrected chi connectivity index (χ3v) is 9.23. The third kappa shape index (κ3) is 1.90. The normalized spacial score (nSPS) is 54.8. The minimum atomic E-state index is -0.882. The van der Waals surface area contributed by atoms with Crippen molar-refractivity contribution in [2.75, 3.05) is 13.7 Å². The van der Waals surface area contributed by atoms with Gasteiger partial charge in [0.2, 0.25) is 5.91 Å². The number of aliphatic hydroxyl groups is 2. The molecule has 5 rings (SSSR count). The summed E-state index contributed by atoms with van der Waals surface area (Å²) in [5.74, 6) is 1.15. The summed E-state index contributed by atoms with van der Waals surface area (Å²) in [7, 11) is 1.70. The average Bonchev–Trinajstić information content (AvgIpc) is 3.07. The highest BCUT2D eigenvalue weighted by Crippen LogP contribution is 2.72. The number of aliphatic hydroxyl groups excluding tert-OH is 1. The van der Waals surface area contributed by atoms with E-state index in [1.807, 2.05) is 0 Å². The summed E-state index contributed by atoms with van der Waals surface area (Å²) in [4.78, 5) is 12.2. The van der Waals surface area contributed by atoms with Crippen LogP contribution in [0.3, 0.4) is 0 Å². The van der Waals surface area contributed by atoms with Crippen molar-refractivity contribution in [2.45, 2.75) is 69.6 Å². The Hall–Kier alpha value is -0.910. The summed E-state index contributed by atoms with van der Waals surface area (Å²) in [5, 5.41) is 23.9. The molecule has 0 aromatic carbocycles. The van der Waals surface area contributed by atoms with Crippen molar-refractivity contribution in [3.63, 3.8) is 0 Å². The smallest absolute Gasteiger partial charge is 0.246 e. The molecule has 4 fully saturated rings. The Morgan fingerprint density at radius 1 is 1.27 bits per heavy atom. The predicted octanol–water partition coefficient (Wildman–Crippen LogP) is 2.13. The van der Waals surface area contributed by atoms with Crippen molar-refractivity contribution in [3.8, 4) is 0 Å². The zero-order valence-electron chi connectivity index (χ0n) is 15.9. The maximum absolute atomic E-state index is 12.2. The lowest BCUT2D eigenvalue weighted by Crippen LogP contribution is -2.59. The van der Waals surface area contributed by atoms with Crippen molar-refractivity contribution in [3.05, 3.63) is 11.6 Å². The summed E-state index contributed by atoms with van der Waals surface area (Å²) in [5.41, 5.74) is -0.0112. The molecule has 144 valence electrons. The molecule has 0 saturated heterocycles. The van der Waals surface area contributed by atoms with Gasteiger partial charge >= 0.3 is 0 Å². The molecule has 0 unspecified atom stereocenters. The topological polar surface area (TPSA) is 78.8 Å². The van der Waals surface area contributed by atoms with Crippen LogP contribution in [0.5, 0.6) is 0 Å². The van der Waals surface area contributed by atoms with Gasteiger partial charge in [-0.2, -0.15) is 0 Å². The van der Waals surface area contributed by atoms with Gasteiger partial charge < -0.3 is 20.3 Å². The molecule has 2 bridgehead atoms. The molecule has 0 aromatic rings. The van der Waals surface area contributed by atoms with E-state index in [0.29, 0.717) is 11.8 Å². The lowest BCUT2D eigenvalue weighted by molar-refractivity contribution is -0.138. The Balaban J connectivity index is 1.54. The fourth-order valence-electron chi connectivity index (χ4n) is 8.13. The van der Waals surface area contributed by atoms with Crippen LogP contribution in [-0.4, -0.2) is 41.2 Å². The van der Waals surface area contributed by atoms with E-state index >= 15 is 0 Å². The van der Waals surface area contributed by atoms with E-state index in [1.54, 1.807) is 13.2 Å². The van der Waals surface area contributed by atoms with E-state index in [9.17, 15) is 15.0 Å². The highest BCUT2D eigenvalue weighted by Gasteiger charge is 2.68. The molecular formula is C21H31NO4. The Bertz CT molecular complexity index is 691. The Kier molecular flexibility index (Phi) is 3.39. The molecule has 5 aliphatic rings. The van der Waals surface area contributed by atoms with E-state index in [2.05, 4.69) is 12.2 Å². The minimum Gasteiger partial charge on any atom is -0.393 e. The number of hydrogen-bond acceptors (Lipinski definition) is 4. The second kappa shape index (κ2) is 5.12. The Morgan fingerprint density at radius 2 is 2.08 bits per heavy atom. The first-order valence-corrected chi connectivity index (χ1v) is 10.2. The molecule has 0 aromatic heterocycles. The summed E-state index contributed by atoms with van der Waals surface area (Å²) in [6.07, 6.45) is 9.75. The molecule has 0 radical (unpaired) electrons. The predicted molar refractivity (Wildman–Crippen MR) is 95.9 cm³/mol. The maximum Gasteiger partial charge on any atom is 0.246 e. The molecular weight excluding hydrogens is 330 g/mol. The SMILES string of the molecule is CO[C@@]12CC[C@]3(C)[C@H](CC[C@@]45C[C@@H](CC[C@H]43)[C@@](O)(CO)C5)C1=CC(=O)N2. The number of rotatable bonds is 2. The fourth-order valence-corrected chi connectivity index (χ4v) is 8.13. The van der Waals surface area contributed by atoms with Gasteiger partial charge in [-0.15, -0.1) is 0 Å². The van der Waals surface area contributed by atoms with Crippen LogP contribution in [0.2, 0.25) is 0 Å². The standard InChI is InChI=1S/C21H31NO4/c1-18-7-8-21(26-2)15(9-17(24)22-21)14(18)5-6-19-10-13(3-4-16(18)19)20(25,11-19)12-23/h9,13-14,16,23,25H,3-8,10-12H2,1-2H3,(H,22,24)/t13-,14-,16+,18-,19+,20+,21+/m1/s1. The van der Waals surface area contributed by atoms with Gasteiger partial charge in [0.1, 0.15) is 0 Å². The molecule has 3 N–H and O–H groups in total. The van der Waals surface area contributed by atoms with Gasteiger partial charge in [-0.25, -0.2) is 0 Å². The van der Waals surface area contributed by atoms with Crippen LogP contribution in [0.4, 0.5) is 0 Å². The maximum atomic E-state index is 12.2. The molecule has 5 nitrogen and oxygen atoms in total.